The third kappa shape index (κ3) is 6.42. The molecule has 0 saturated heterocycles. The van der Waals surface area contributed by atoms with Crippen LogP contribution in [0, 0.1) is 17.3 Å². The third-order valence-electron chi connectivity index (χ3n) is 10.1. The molecule has 0 unspecified atom stereocenters. The molecular formula is C33H41F5O3S. The van der Waals surface area contributed by atoms with Crippen LogP contribution < -0.4 is 4.74 Å². The molecule has 3 aliphatic carbocycles. The van der Waals surface area contributed by atoms with Gasteiger partial charge in [-0.15, -0.1) is 0 Å². The molecule has 2 N–H and O–H groups in total. The highest BCUT2D eigenvalue weighted by atomic mass is 32.2. The quantitative estimate of drug-likeness (QED) is 0.197. The van der Waals surface area contributed by atoms with E-state index in [2.05, 4.69) is 25.1 Å². The van der Waals surface area contributed by atoms with E-state index >= 15 is 0 Å². The number of benzene rings is 2. The van der Waals surface area contributed by atoms with E-state index in [9.17, 15) is 32.2 Å². The number of hydrogen-bond acceptors (Lipinski definition) is 4. The Morgan fingerprint density at radius 2 is 1.71 bits per heavy atom. The molecule has 42 heavy (non-hydrogen) atoms. The SMILES string of the molecule is C[C@]12C[C@H](c3ccc(OCCCCCSCCC(F)(F)C(F)(F)F)cc3)[C@@H]3c4ccc(O)cc4CC[C@H]3[C@@H]1CC[C@@H]2O. The van der Waals surface area contributed by atoms with Gasteiger partial charge in [-0.05, 0) is 133 Å². The first-order valence-electron chi connectivity index (χ1n) is 15.2. The molecule has 0 amide bonds. The molecule has 0 aliphatic heterocycles. The van der Waals surface area contributed by atoms with Gasteiger partial charge in [0.2, 0.25) is 0 Å². The van der Waals surface area contributed by atoms with Crippen molar-refractivity contribution in [3.63, 3.8) is 0 Å². The normalized spacial score (nSPS) is 29.1. The second kappa shape index (κ2) is 12.5. The molecular weight excluding hydrogens is 571 g/mol. The fraction of sp³-hybridized carbons (Fsp3) is 0.636. The van der Waals surface area contributed by atoms with E-state index in [1.165, 1.54) is 16.7 Å². The molecule has 0 spiro atoms. The van der Waals surface area contributed by atoms with Gasteiger partial charge in [0.15, 0.2) is 0 Å². The molecule has 9 heteroatoms. The molecule has 2 fully saturated rings. The summed E-state index contributed by atoms with van der Waals surface area (Å²) in [6, 6.07) is 14.1. The van der Waals surface area contributed by atoms with Crippen molar-refractivity contribution in [3.05, 3.63) is 59.2 Å². The van der Waals surface area contributed by atoms with E-state index in [4.69, 9.17) is 4.74 Å². The predicted molar refractivity (Wildman–Crippen MR) is 156 cm³/mol. The van der Waals surface area contributed by atoms with Gasteiger partial charge >= 0.3 is 12.1 Å². The largest absolute Gasteiger partial charge is 0.508 e. The number of ether oxygens (including phenoxy) is 1. The van der Waals surface area contributed by atoms with Crippen LogP contribution in [-0.2, 0) is 6.42 Å². The average molecular weight is 613 g/mol. The molecule has 3 aliphatic rings. The lowest BCUT2D eigenvalue weighted by molar-refractivity contribution is -0.282. The van der Waals surface area contributed by atoms with Crippen molar-refractivity contribution in [1.29, 1.82) is 0 Å². The van der Waals surface area contributed by atoms with Crippen LogP contribution in [0.2, 0.25) is 0 Å². The zero-order chi connectivity index (χ0) is 30.1. The van der Waals surface area contributed by atoms with E-state index in [1.54, 1.807) is 6.07 Å². The van der Waals surface area contributed by atoms with Crippen LogP contribution in [0.15, 0.2) is 42.5 Å². The van der Waals surface area contributed by atoms with Crippen LogP contribution in [-0.4, -0.2) is 46.5 Å². The Balaban J connectivity index is 1.14. The fourth-order valence-corrected chi connectivity index (χ4v) is 8.93. The summed E-state index contributed by atoms with van der Waals surface area (Å²) in [6.45, 7) is 2.78. The first kappa shape index (κ1) is 31.4. The number of fused-ring (bicyclic) bond motifs is 5. The number of rotatable bonds is 11. The number of alkyl halides is 5. The van der Waals surface area contributed by atoms with Crippen molar-refractivity contribution >= 4 is 11.8 Å². The Bertz CT molecular complexity index is 1200. The van der Waals surface area contributed by atoms with Crippen LogP contribution in [0.3, 0.4) is 0 Å². The highest BCUT2D eigenvalue weighted by Gasteiger charge is 2.58. The van der Waals surface area contributed by atoms with Gasteiger partial charge in [0.25, 0.3) is 0 Å². The molecule has 2 aromatic carbocycles. The van der Waals surface area contributed by atoms with Crippen molar-refractivity contribution in [2.45, 2.75) is 94.7 Å². The number of aromatic hydroxyl groups is 1. The van der Waals surface area contributed by atoms with Crippen molar-refractivity contribution in [3.8, 4) is 11.5 Å². The van der Waals surface area contributed by atoms with E-state index < -0.39 is 18.5 Å². The molecule has 232 valence electrons. The predicted octanol–water partition coefficient (Wildman–Crippen LogP) is 8.87. The van der Waals surface area contributed by atoms with Gasteiger partial charge in [-0.1, -0.05) is 25.1 Å². The number of thioether (sulfide) groups is 1. The molecule has 0 heterocycles. The van der Waals surface area contributed by atoms with E-state index in [0.29, 0.717) is 35.9 Å². The van der Waals surface area contributed by atoms with Crippen molar-refractivity contribution in [2.24, 2.45) is 17.3 Å². The lowest BCUT2D eigenvalue weighted by Crippen LogP contribution is -2.47. The van der Waals surface area contributed by atoms with Crippen LogP contribution in [0.1, 0.15) is 86.8 Å². The van der Waals surface area contributed by atoms with Crippen LogP contribution >= 0.6 is 11.8 Å². The van der Waals surface area contributed by atoms with Gasteiger partial charge in [0.1, 0.15) is 11.5 Å². The number of unbranched alkanes of at least 4 members (excludes halogenated alkanes) is 2. The monoisotopic (exact) mass is 612 g/mol. The van der Waals surface area contributed by atoms with Gasteiger partial charge in [-0.3, -0.25) is 0 Å². The summed E-state index contributed by atoms with van der Waals surface area (Å²) < 4.78 is 68.5. The Hall–Kier alpha value is -2.00. The maximum atomic E-state index is 13.0. The van der Waals surface area contributed by atoms with Gasteiger partial charge in [0.05, 0.1) is 12.7 Å². The summed E-state index contributed by atoms with van der Waals surface area (Å²) in [5.41, 5.74) is 3.71. The fourth-order valence-electron chi connectivity index (χ4n) is 7.92. The second-order valence-corrected chi connectivity index (χ2v) is 13.9. The van der Waals surface area contributed by atoms with Gasteiger partial charge in [0, 0.05) is 6.42 Å². The highest BCUT2D eigenvalue weighted by Crippen LogP contribution is 2.65. The van der Waals surface area contributed by atoms with E-state index in [-0.39, 0.29) is 23.2 Å². The lowest BCUT2D eigenvalue weighted by atomic mass is 9.51. The molecule has 0 radical (unpaired) electrons. The minimum Gasteiger partial charge on any atom is -0.508 e. The van der Waals surface area contributed by atoms with Gasteiger partial charge in [-0.25, -0.2) is 0 Å². The number of phenolic OH excluding ortho intramolecular Hbond substituents is 1. The molecule has 3 nitrogen and oxygen atoms in total. The van der Waals surface area contributed by atoms with Crippen molar-refractivity contribution in [1.82, 2.24) is 0 Å². The zero-order valence-electron chi connectivity index (χ0n) is 24.0. The number of hydrogen-bond donors (Lipinski definition) is 2. The molecule has 0 bridgehead atoms. The number of aliphatic hydroxyl groups is 1. The summed E-state index contributed by atoms with van der Waals surface area (Å²) >= 11 is 1.13. The summed E-state index contributed by atoms with van der Waals surface area (Å²) in [5, 5.41) is 21.2. The second-order valence-electron chi connectivity index (χ2n) is 12.7. The van der Waals surface area contributed by atoms with Gasteiger partial charge in [-0.2, -0.15) is 33.7 Å². The maximum absolute atomic E-state index is 13.0. The third-order valence-corrected chi connectivity index (χ3v) is 11.2. The minimum atomic E-state index is -5.48. The summed E-state index contributed by atoms with van der Waals surface area (Å²) in [7, 11) is 0. The number of phenols is 1. The van der Waals surface area contributed by atoms with Gasteiger partial charge < -0.3 is 14.9 Å². The number of aryl methyl sites for hydroxylation is 1. The van der Waals surface area contributed by atoms with E-state index in [1.807, 2.05) is 18.2 Å². The Kier molecular flexibility index (Phi) is 9.39. The van der Waals surface area contributed by atoms with Crippen molar-refractivity contribution in [2.75, 3.05) is 18.1 Å². The average Bonchev–Trinajstić information content (AvgIpc) is 3.24. The maximum Gasteiger partial charge on any atom is 0.453 e. The number of aliphatic hydroxyl groups excluding tert-OH is 1. The Morgan fingerprint density at radius 3 is 2.45 bits per heavy atom. The standard InChI is InChI=1S/C33H41F5O3S/c1-31-20-27(30-25-12-8-23(39)19-22(25)7-11-26(30)28(31)13-14-29(31)40)21-5-9-24(10-6-21)41-16-3-2-4-17-42-18-15-32(34,35)33(36,37)38/h5-6,8-10,12,19,26-30,39-40H,2-4,7,11,13-18,20H2,1H3/t26-,27+,28-,29-,30+,31-/m0/s1. The Labute approximate surface area is 249 Å². The van der Waals surface area contributed by atoms with Crippen LogP contribution in [0.4, 0.5) is 22.0 Å². The highest BCUT2D eigenvalue weighted by molar-refractivity contribution is 7.99. The topological polar surface area (TPSA) is 49.7 Å². The molecule has 5 rings (SSSR count). The molecule has 2 saturated carbocycles. The summed E-state index contributed by atoms with van der Waals surface area (Å²) in [6.07, 6.45) is 0.256. The number of halogens is 5. The smallest absolute Gasteiger partial charge is 0.453 e. The first-order chi connectivity index (χ1) is 19.9. The first-order valence-corrected chi connectivity index (χ1v) is 16.3. The molecule has 0 aromatic heterocycles. The molecule has 2 aromatic rings. The zero-order valence-corrected chi connectivity index (χ0v) is 24.8. The van der Waals surface area contributed by atoms with E-state index in [0.717, 1.165) is 68.9 Å². The summed E-state index contributed by atoms with van der Waals surface area (Å²) in [5.74, 6) is -1.60. The van der Waals surface area contributed by atoms with Crippen LogP contribution in [0.25, 0.3) is 0 Å². The lowest BCUT2D eigenvalue weighted by Gasteiger charge is -2.54. The van der Waals surface area contributed by atoms with Crippen molar-refractivity contribution < 1.29 is 36.9 Å². The Morgan fingerprint density at radius 1 is 0.952 bits per heavy atom. The summed E-state index contributed by atoms with van der Waals surface area (Å²) in [4.78, 5) is 0. The molecule has 6 atom stereocenters. The van der Waals surface area contributed by atoms with Crippen LogP contribution in [0.5, 0.6) is 11.5 Å². The minimum absolute atomic E-state index is 0.104.